The third-order valence-corrected chi connectivity index (χ3v) is 6.48. The number of pyridine rings is 1. The van der Waals surface area contributed by atoms with E-state index in [1.165, 1.54) is 11.1 Å². The van der Waals surface area contributed by atoms with Gasteiger partial charge >= 0.3 is 0 Å². The van der Waals surface area contributed by atoms with Crippen LogP contribution in [0.25, 0.3) is 11.4 Å². The van der Waals surface area contributed by atoms with Crippen molar-refractivity contribution in [3.8, 4) is 11.4 Å². The Morgan fingerprint density at radius 3 is 2.62 bits per heavy atom. The zero-order chi connectivity index (χ0) is 19.6. The molecule has 5 rings (SSSR count). The van der Waals surface area contributed by atoms with Crippen LogP contribution in [0.15, 0.2) is 54.9 Å². The van der Waals surface area contributed by atoms with E-state index < -0.39 is 0 Å². The first-order valence-electron chi connectivity index (χ1n) is 10.7. The highest BCUT2D eigenvalue weighted by molar-refractivity contribution is 5.94. The van der Waals surface area contributed by atoms with E-state index in [-0.39, 0.29) is 11.9 Å². The maximum Gasteiger partial charge on any atom is 0.251 e. The van der Waals surface area contributed by atoms with Crippen molar-refractivity contribution in [2.45, 2.75) is 50.1 Å². The fraction of sp³-hybridized carbons (Fsp3) is 0.417. The lowest BCUT2D eigenvalue weighted by Gasteiger charge is -2.31. The Bertz CT molecular complexity index is 935. The molecule has 2 fully saturated rings. The van der Waals surface area contributed by atoms with Gasteiger partial charge in [-0.3, -0.25) is 4.79 Å². The second-order valence-corrected chi connectivity index (χ2v) is 8.30. The van der Waals surface area contributed by atoms with Gasteiger partial charge in [0.05, 0.1) is 6.61 Å². The molecule has 0 bridgehead atoms. The topological polar surface area (TPSA) is 56.2 Å². The molecule has 0 aromatic heterocycles. The van der Waals surface area contributed by atoms with E-state index in [1.807, 2.05) is 18.3 Å². The lowest BCUT2D eigenvalue weighted by Crippen LogP contribution is -2.38. The summed E-state index contributed by atoms with van der Waals surface area (Å²) in [5.74, 6) is 1.57. The Labute approximate surface area is 171 Å². The number of benzene rings is 1. The smallest absolute Gasteiger partial charge is 0.251 e. The molecular weight excluding hydrogens is 362 g/mol. The van der Waals surface area contributed by atoms with E-state index in [4.69, 9.17) is 4.74 Å². The molecule has 1 aromatic carbocycles. The van der Waals surface area contributed by atoms with Gasteiger partial charge in [-0.15, -0.1) is 0 Å². The minimum atomic E-state index is 0.0372. The van der Waals surface area contributed by atoms with Crippen LogP contribution < -0.4 is 5.32 Å². The highest BCUT2D eigenvalue weighted by Crippen LogP contribution is 2.33. The molecular formula is C24H27N3O2. The van der Waals surface area contributed by atoms with Gasteiger partial charge in [0.15, 0.2) is 0 Å². The van der Waals surface area contributed by atoms with Gasteiger partial charge in [-0.05, 0) is 68.0 Å². The fourth-order valence-corrected chi connectivity index (χ4v) is 4.76. The minimum Gasteiger partial charge on any atom is -0.381 e. The Morgan fingerprint density at radius 2 is 1.86 bits per heavy atom. The van der Waals surface area contributed by atoms with Crippen molar-refractivity contribution in [1.82, 2.24) is 14.9 Å². The van der Waals surface area contributed by atoms with Crippen LogP contribution in [0, 0.1) is 0 Å². The first kappa shape index (κ1) is 18.4. The summed E-state index contributed by atoms with van der Waals surface area (Å²) in [6.45, 7) is 1.63. The summed E-state index contributed by atoms with van der Waals surface area (Å²) < 4.78 is 7.77. The van der Waals surface area contributed by atoms with Crippen molar-refractivity contribution in [1.29, 1.82) is 0 Å². The second-order valence-electron chi connectivity index (χ2n) is 8.30. The van der Waals surface area contributed by atoms with Gasteiger partial charge in [0, 0.05) is 48.1 Å². The van der Waals surface area contributed by atoms with Crippen LogP contribution in [0.3, 0.4) is 0 Å². The Balaban J connectivity index is 1.17. The average Bonchev–Trinajstić information content (AvgIpc) is 3.46. The van der Waals surface area contributed by atoms with Crippen LogP contribution in [0.2, 0.25) is 0 Å². The molecule has 1 unspecified atom stereocenters. The zero-order valence-electron chi connectivity index (χ0n) is 16.6. The van der Waals surface area contributed by atoms with Gasteiger partial charge in [0.1, 0.15) is 5.82 Å². The highest BCUT2D eigenvalue weighted by atomic mass is 16.5. The SMILES string of the molecule is O=C(NC1CCC(n2cccc3ccnc2-3)CC1)c1ccc(C2CCOC2)cc1. The van der Waals surface area contributed by atoms with Crippen LogP contribution in [0.5, 0.6) is 0 Å². The van der Waals surface area contributed by atoms with E-state index in [1.54, 1.807) is 0 Å². The van der Waals surface area contributed by atoms with Crippen molar-refractivity contribution < 1.29 is 9.53 Å². The third-order valence-electron chi connectivity index (χ3n) is 6.48. The molecule has 150 valence electrons. The van der Waals surface area contributed by atoms with Crippen LogP contribution in [-0.2, 0) is 4.74 Å². The fourth-order valence-electron chi connectivity index (χ4n) is 4.76. The first-order valence-corrected chi connectivity index (χ1v) is 10.7. The third kappa shape index (κ3) is 3.79. The van der Waals surface area contributed by atoms with E-state index in [0.29, 0.717) is 12.0 Å². The van der Waals surface area contributed by atoms with Crippen LogP contribution >= 0.6 is 0 Å². The zero-order valence-corrected chi connectivity index (χ0v) is 16.6. The number of ether oxygens (including phenoxy) is 1. The number of nitrogens with zero attached hydrogens (tertiary/aromatic N) is 2. The molecule has 0 spiro atoms. The molecule has 1 amide bonds. The van der Waals surface area contributed by atoms with E-state index >= 15 is 0 Å². The number of nitrogens with one attached hydrogen (secondary N) is 1. The monoisotopic (exact) mass is 389 g/mol. The number of hydrogen-bond donors (Lipinski definition) is 1. The molecule has 1 N–H and O–H groups in total. The predicted octanol–water partition coefficient (Wildman–Crippen LogP) is 4.41. The predicted molar refractivity (Wildman–Crippen MR) is 112 cm³/mol. The summed E-state index contributed by atoms with van der Waals surface area (Å²) in [5, 5.41) is 3.24. The average molecular weight is 389 g/mol. The highest BCUT2D eigenvalue weighted by Gasteiger charge is 2.25. The summed E-state index contributed by atoms with van der Waals surface area (Å²) in [6.07, 6.45) is 9.19. The summed E-state index contributed by atoms with van der Waals surface area (Å²) >= 11 is 0. The number of carbonyl (C=O) groups excluding carboxylic acids is 1. The minimum absolute atomic E-state index is 0.0372. The summed E-state index contributed by atoms with van der Waals surface area (Å²) in [7, 11) is 0. The molecule has 1 aliphatic carbocycles. The number of fused-ring (bicyclic) bond motifs is 1. The quantitative estimate of drug-likeness (QED) is 0.719. The lowest BCUT2D eigenvalue weighted by molar-refractivity contribution is 0.0922. The normalized spacial score (nSPS) is 24.6. The van der Waals surface area contributed by atoms with E-state index in [0.717, 1.165) is 56.7 Å². The van der Waals surface area contributed by atoms with Gasteiger partial charge in [-0.2, -0.15) is 0 Å². The van der Waals surface area contributed by atoms with Gasteiger partial charge in [-0.1, -0.05) is 12.1 Å². The number of aromatic nitrogens is 2. The van der Waals surface area contributed by atoms with Gasteiger partial charge in [0.2, 0.25) is 0 Å². The molecule has 3 aliphatic heterocycles. The first-order chi connectivity index (χ1) is 14.3. The van der Waals surface area contributed by atoms with Gasteiger partial charge in [0.25, 0.3) is 5.91 Å². The molecule has 4 aliphatic rings. The maximum absolute atomic E-state index is 12.7. The summed E-state index contributed by atoms with van der Waals surface area (Å²) in [6, 6.07) is 15.0. The summed E-state index contributed by atoms with van der Waals surface area (Å²) in [5.41, 5.74) is 3.21. The van der Waals surface area contributed by atoms with Crippen molar-refractivity contribution in [3.05, 3.63) is 66.0 Å². The summed E-state index contributed by atoms with van der Waals surface area (Å²) in [4.78, 5) is 17.2. The van der Waals surface area contributed by atoms with Crippen molar-refractivity contribution in [2.24, 2.45) is 0 Å². The van der Waals surface area contributed by atoms with Crippen molar-refractivity contribution in [2.75, 3.05) is 13.2 Å². The van der Waals surface area contributed by atoms with Crippen LogP contribution in [0.1, 0.15) is 60.0 Å². The lowest BCUT2D eigenvalue weighted by atomic mass is 9.90. The Morgan fingerprint density at radius 1 is 1.03 bits per heavy atom. The number of rotatable bonds is 4. The van der Waals surface area contributed by atoms with Crippen LogP contribution in [-0.4, -0.2) is 34.7 Å². The maximum atomic E-state index is 12.7. The molecule has 5 heteroatoms. The second kappa shape index (κ2) is 7.99. The largest absolute Gasteiger partial charge is 0.381 e. The molecule has 1 aromatic rings. The number of amides is 1. The molecule has 5 nitrogen and oxygen atoms in total. The van der Waals surface area contributed by atoms with Crippen molar-refractivity contribution >= 4 is 5.91 Å². The van der Waals surface area contributed by atoms with E-state index in [9.17, 15) is 4.79 Å². The standard InChI is InChI=1S/C24H27N3O2/c28-24(19-5-3-17(4-6-19)20-12-15-29-16-20)26-21-7-9-22(10-8-21)27-14-1-2-18-11-13-25-23(18)27/h1-6,11,13-14,20-22H,7-10,12,15-16H2,(H,26,28). The molecule has 1 saturated heterocycles. The van der Waals surface area contributed by atoms with Gasteiger partial charge in [-0.25, -0.2) is 4.98 Å². The molecule has 3 heterocycles. The molecule has 1 atom stereocenters. The van der Waals surface area contributed by atoms with E-state index in [2.05, 4.69) is 51.4 Å². The van der Waals surface area contributed by atoms with Crippen LogP contribution in [0.4, 0.5) is 0 Å². The molecule has 29 heavy (non-hydrogen) atoms. The van der Waals surface area contributed by atoms with Crippen molar-refractivity contribution in [3.63, 3.8) is 0 Å². The Hall–Kier alpha value is -2.66. The Kier molecular flexibility index (Phi) is 5.06. The number of hydrogen-bond acceptors (Lipinski definition) is 3. The molecule has 0 radical (unpaired) electrons. The van der Waals surface area contributed by atoms with Gasteiger partial charge < -0.3 is 14.6 Å². The number of carbonyl (C=O) groups is 1. The molecule has 1 saturated carbocycles.